The number of rotatable bonds is 6. The number of nitrogens with one attached hydrogen (secondary N) is 2. The van der Waals surface area contributed by atoms with Crippen LogP contribution in [0.25, 0.3) is 0 Å². The molecular formula is C14H17ClN4. The maximum Gasteiger partial charge on any atom is 0.222 e. The van der Waals surface area contributed by atoms with Crippen LogP contribution in [0.4, 0.5) is 5.95 Å². The quantitative estimate of drug-likeness (QED) is 0.852. The third kappa shape index (κ3) is 4.19. The van der Waals surface area contributed by atoms with Crippen molar-refractivity contribution in [3.8, 4) is 0 Å². The van der Waals surface area contributed by atoms with Crippen LogP contribution in [0.1, 0.15) is 18.1 Å². The van der Waals surface area contributed by atoms with E-state index in [2.05, 4.69) is 20.6 Å². The van der Waals surface area contributed by atoms with Gasteiger partial charge in [0, 0.05) is 42.6 Å². The molecule has 19 heavy (non-hydrogen) atoms. The highest BCUT2D eigenvalue weighted by molar-refractivity contribution is 6.31. The van der Waals surface area contributed by atoms with Gasteiger partial charge in [-0.3, -0.25) is 0 Å². The minimum absolute atomic E-state index is 0.664. The minimum Gasteiger partial charge on any atom is -0.355 e. The summed E-state index contributed by atoms with van der Waals surface area (Å²) in [5.74, 6) is 0.664. The molecule has 1 aromatic carbocycles. The number of hydrogen-bond acceptors (Lipinski definition) is 4. The van der Waals surface area contributed by atoms with E-state index in [9.17, 15) is 0 Å². The molecule has 0 fully saturated rings. The van der Waals surface area contributed by atoms with Gasteiger partial charge in [0.15, 0.2) is 0 Å². The summed E-state index contributed by atoms with van der Waals surface area (Å²) in [7, 11) is 0. The molecule has 0 unspecified atom stereocenters. The van der Waals surface area contributed by atoms with Crippen LogP contribution < -0.4 is 10.6 Å². The molecule has 0 bridgehead atoms. The van der Waals surface area contributed by atoms with Crippen LogP contribution in [0, 0.1) is 0 Å². The Labute approximate surface area is 118 Å². The van der Waals surface area contributed by atoms with Crippen molar-refractivity contribution < 1.29 is 0 Å². The first kappa shape index (κ1) is 13.8. The second-order valence-electron chi connectivity index (χ2n) is 4.14. The zero-order valence-corrected chi connectivity index (χ0v) is 11.6. The summed E-state index contributed by atoms with van der Waals surface area (Å²) in [5, 5.41) is 7.18. The Morgan fingerprint density at radius 2 is 1.84 bits per heavy atom. The molecule has 2 N–H and O–H groups in total. The molecule has 0 aliphatic carbocycles. The summed E-state index contributed by atoms with van der Waals surface area (Å²) in [6.07, 6.45) is 3.65. The highest BCUT2D eigenvalue weighted by Gasteiger charge is 1.99. The fraction of sp³-hybridized carbons (Fsp3) is 0.286. The van der Waals surface area contributed by atoms with Crippen LogP contribution in [0.15, 0.2) is 36.7 Å². The van der Waals surface area contributed by atoms with E-state index in [1.54, 1.807) is 0 Å². The number of hydrogen-bond donors (Lipinski definition) is 2. The van der Waals surface area contributed by atoms with Crippen molar-refractivity contribution in [2.75, 3.05) is 11.9 Å². The van der Waals surface area contributed by atoms with Gasteiger partial charge in [0.25, 0.3) is 0 Å². The third-order valence-electron chi connectivity index (χ3n) is 2.64. The molecule has 0 saturated carbocycles. The lowest BCUT2D eigenvalue weighted by Crippen LogP contribution is -2.13. The number of nitrogens with zero attached hydrogens (tertiary/aromatic N) is 2. The number of halogens is 1. The van der Waals surface area contributed by atoms with Crippen LogP contribution in [-0.4, -0.2) is 16.5 Å². The average molecular weight is 277 g/mol. The molecule has 2 rings (SSSR count). The largest absolute Gasteiger partial charge is 0.355 e. The normalized spacial score (nSPS) is 10.4. The van der Waals surface area contributed by atoms with Gasteiger partial charge < -0.3 is 10.6 Å². The molecule has 1 heterocycles. The second-order valence-corrected chi connectivity index (χ2v) is 4.55. The predicted molar refractivity (Wildman–Crippen MR) is 78.2 cm³/mol. The maximum absolute atomic E-state index is 6.09. The van der Waals surface area contributed by atoms with Gasteiger partial charge in [-0.2, -0.15) is 0 Å². The van der Waals surface area contributed by atoms with Crippen LogP contribution in [0.5, 0.6) is 0 Å². The van der Waals surface area contributed by atoms with E-state index in [4.69, 9.17) is 11.6 Å². The maximum atomic E-state index is 6.09. The SMILES string of the molecule is CCNc1ncc(CNCc2ccccc2Cl)cn1. The van der Waals surface area contributed by atoms with Gasteiger partial charge in [0.05, 0.1) is 0 Å². The van der Waals surface area contributed by atoms with E-state index in [0.29, 0.717) is 5.95 Å². The van der Waals surface area contributed by atoms with E-state index >= 15 is 0 Å². The fourth-order valence-electron chi connectivity index (χ4n) is 1.68. The van der Waals surface area contributed by atoms with Gasteiger partial charge in [-0.25, -0.2) is 9.97 Å². The van der Waals surface area contributed by atoms with Crippen LogP contribution in [-0.2, 0) is 13.1 Å². The highest BCUT2D eigenvalue weighted by atomic mass is 35.5. The Morgan fingerprint density at radius 3 is 2.53 bits per heavy atom. The van der Waals surface area contributed by atoms with Crippen molar-refractivity contribution >= 4 is 17.5 Å². The van der Waals surface area contributed by atoms with Crippen molar-refractivity contribution in [3.63, 3.8) is 0 Å². The Kier molecular flexibility index (Phi) is 5.12. The number of anilines is 1. The van der Waals surface area contributed by atoms with Gasteiger partial charge in [-0.1, -0.05) is 29.8 Å². The topological polar surface area (TPSA) is 49.8 Å². The van der Waals surface area contributed by atoms with E-state index in [-0.39, 0.29) is 0 Å². The fourth-order valence-corrected chi connectivity index (χ4v) is 1.88. The van der Waals surface area contributed by atoms with Crippen LogP contribution >= 0.6 is 11.6 Å². The summed E-state index contributed by atoms with van der Waals surface area (Å²) < 4.78 is 0. The van der Waals surface area contributed by atoms with Crippen LogP contribution in [0.2, 0.25) is 5.02 Å². The molecular weight excluding hydrogens is 260 g/mol. The monoisotopic (exact) mass is 276 g/mol. The number of benzene rings is 1. The minimum atomic E-state index is 0.664. The summed E-state index contributed by atoms with van der Waals surface area (Å²) in [5.41, 5.74) is 2.14. The lowest BCUT2D eigenvalue weighted by atomic mass is 10.2. The van der Waals surface area contributed by atoms with Crippen molar-refractivity contribution in [3.05, 3.63) is 52.8 Å². The first-order chi connectivity index (χ1) is 9.29. The van der Waals surface area contributed by atoms with Gasteiger partial charge >= 0.3 is 0 Å². The molecule has 0 amide bonds. The van der Waals surface area contributed by atoms with E-state index in [0.717, 1.165) is 35.8 Å². The van der Waals surface area contributed by atoms with Gasteiger partial charge in [-0.15, -0.1) is 0 Å². The Bertz CT molecular complexity index is 513. The third-order valence-corrected chi connectivity index (χ3v) is 3.01. The van der Waals surface area contributed by atoms with E-state index in [1.807, 2.05) is 43.6 Å². The molecule has 0 atom stereocenters. The molecule has 0 radical (unpaired) electrons. The van der Waals surface area contributed by atoms with Crippen molar-refractivity contribution in [1.29, 1.82) is 0 Å². The molecule has 5 heteroatoms. The Hall–Kier alpha value is -1.65. The molecule has 100 valence electrons. The molecule has 0 aliphatic rings. The summed E-state index contributed by atoms with van der Waals surface area (Å²) in [6, 6.07) is 7.82. The van der Waals surface area contributed by atoms with Crippen molar-refractivity contribution in [1.82, 2.24) is 15.3 Å². The summed E-state index contributed by atoms with van der Waals surface area (Å²) in [4.78, 5) is 8.45. The van der Waals surface area contributed by atoms with E-state index < -0.39 is 0 Å². The molecule has 0 spiro atoms. The molecule has 2 aromatic rings. The van der Waals surface area contributed by atoms with Crippen LogP contribution in [0.3, 0.4) is 0 Å². The summed E-state index contributed by atoms with van der Waals surface area (Å²) >= 11 is 6.09. The Morgan fingerprint density at radius 1 is 1.11 bits per heavy atom. The molecule has 4 nitrogen and oxygen atoms in total. The van der Waals surface area contributed by atoms with E-state index in [1.165, 1.54) is 0 Å². The lowest BCUT2D eigenvalue weighted by Gasteiger charge is -2.07. The smallest absolute Gasteiger partial charge is 0.222 e. The average Bonchev–Trinajstić information content (AvgIpc) is 2.43. The zero-order chi connectivity index (χ0) is 13.5. The van der Waals surface area contributed by atoms with Crippen molar-refractivity contribution in [2.24, 2.45) is 0 Å². The van der Waals surface area contributed by atoms with Gasteiger partial charge in [0.1, 0.15) is 0 Å². The Balaban J connectivity index is 1.84. The molecule has 0 saturated heterocycles. The zero-order valence-electron chi connectivity index (χ0n) is 10.9. The summed E-state index contributed by atoms with van der Waals surface area (Å²) in [6.45, 7) is 4.29. The second kappa shape index (κ2) is 7.07. The van der Waals surface area contributed by atoms with Gasteiger partial charge in [0.2, 0.25) is 5.95 Å². The standard InChI is InChI=1S/C14H17ClN4/c1-2-17-14-18-8-11(9-19-14)7-16-10-12-5-3-4-6-13(12)15/h3-6,8-9,16H,2,7,10H2,1H3,(H,17,18,19). The molecule has 0 aliphatic heterocycles. The first-order valence-electron chi connectivity index (χ1n) is 6.28. The highest BCUT2D eigenvalue weighted by Crippen LogP contribution is 2.14. The van der Waals surface area contributed by atoms with Crippen molar-refractivity contribution in [2.45, 2.75) is 20.0 Å². The lowest BCUT2D eigenvalue weighted by molar-refractivity contribution is 0.689. The first-order valence-corrected chi connectivity index (χ1v) is 6.66. The number of aromatic nitrogens is 2. The molecule has 1 aromatic heterocycles. The van der Waals surface area contributed by atoms with Gasteiger partial charge in [-0.05, 0) is 18.6 Å². The predicted octanol–water partition coefficient (Wildman–Crippen LogP) is 2.85.